The van der Waals surface area contributed by atoms with Crippen molar-refractivity contribution in [1.82, 2.24) is 0 Å². The molecular formula is C5H8O3. The monoisotopic (exact) mass is 116 g/mol. The molecule has 0 bridgehead atoms. The second kappa shape index (κ2) is 1.74. The topological polar surface area (TPSA) is 46.5 Å². The predicted octanol–water partition coefficient (Wildman–Crippen LogP) is -0.460. The van der Waals surface area contributed by atoms with Gasteiger partial charge in [0.2, 0.25) is 0 Å². The molecule has 0 spiro atoms. The minimum atomic E-state index is -0.880. The van der Waals surface area contributed by atoms with E-state index >= 15 is 0 Å². The first-order chi connectivity index (χ1) is 3.72. The van der Waals surface area contributed by atoms with E-state index in [2.05, 4.69) is 4.74 Å². The summed E-state index contributed by atoms with van der Waals surface area (Å²) in [6.45, 7) is 2.13. The maximum Gasteiger partial charge on any atom is 0.335 e. The Hall–Kier alpha value is -0.570. The minimum Gasteiger partial charge on any atom is -0.463 e. The first-order valence-electron chi connectivity index (χ1n) is 2.56. The number of hydrogen-bond acceptors (Lipinski definition) is 3. The number of cyclic esters (lactones) is 1. The second-order valence-electron chi connectivity index (χ2n) is 2.05. The van der Waals surface area contributed by atoms with Crippen molar-refractivity contribution in [3.63, 3.8) is 0 Å². The summed E-state index contributed by atoms with van der Waals surface area (Å²) in [4.78, 5) is 10.3. The van der Waals surface area contributed by atoms with Crippen molar-refractivity contribution in [3.8, 4) is 0 Å². The number of carbonyl (C=O) groups is 1. The van der Waals surface area contributed by atoms with Crippen molar-refractivity contribution in [3.05, 3.63) is 0 Å². The third-order valence-electron chi connectivity index (χ3n) is 1.27. The van der Waals surface area contributed by atoms with Crippen LogP contribution in [0.25, 0.3) is 0 Å². The highest BCUT2D eigenvalue weighted by Gasteiger charge is 2.31. The molecule has 2 atom stereocenters. The number of rotatable bonds is 0. The van der Waals surface area contributed by atoms with Crippen molar-refractivity contribution < 1.29 is 14.6 Å². The summed E-state index contributed by atoms with van der Waals surface area (Å²) in [7, 11) is 0. The summed E-state index contributed by atoms with van der Waals surface area (Å²) in [5, 5.41) is 8.79. The highest BCUT2D eigenvalue weighted by atomic mass is 16.6. The van der Waals surface area contributed by atoms with Crippen molar-refractivity contribution in [1.29, 1.82) is 0 Å². The van der Waals surface area contributed by atoms with E-state index in [1.165, 1.54) is 0 Å². The summed E-state index contributed by atoms with van der Waals surface area (Å²) < 4.78 is 4.49. The van der Waals surface area contributed by atoms with Crippen molar-refractivity contribution in [2.24, 2.45) is 5.92 Å². The zero-order chi connectivity index (χ0) is 6.15. The summed E-state index contributed by atoms with van der Waals surface area (Å²) >= 11 is 0. The lowest BCUT2D eigenvalue weighted by Gasteiger charge is -1.97. The van der Waals surface area contributed by atoms with Crippen LogP contribution in [-0.2, 0) is 9.53 Å². The number of aliphatic hydroxyl groups excluding tert-OH is 1. The number of carbonyl (C=O) groups excluding carboxylic acids is 1. The van der Waals surface area contributed by atoms with E-state index in [4.69, 9.17) is 5.11 Å². The van der Waals surface area contributed by atoms with Gasteiger partial charge in [-0.25, -0.2) is 4.79 Å². The van der Waals surface area contributed by atoms with Gasteiger partial charge in [-0.1, -0.05) is 6.92 Å². The number of hydrogen-bond donors (Lipinski definition) is 1. The van der Waals surface area contributed by atoms with Gasteiger partial charge >= 0.3 is 5.97 Å². The number of aliphatic hydroxyl groups is 1. The van der Waals surface area contributed by atoms with Crippen LogP contribution in [0.5, 0.6) is 0 Å². The van der Waals surface area contributed by atoms with Crippen LogP contribution in [0.4, 0.5) is 0 Å². The largest absolute Gasteiger partial charge is 0.463 e. The maximum absolute atomic E-state index is 10.3. The Labute approximate surface area is 47.3 Å². The fraction of sp³-hybridized carbons (Fsp3) is 0.800. The quantitative estimate of drug-likeness (QED) is 0.435. The molecule has 1 N–H and O–H groups in total. The highest BCUT2D eigenvalue weighted by Crippen LogP contribution is 2.12. The molecule has 1 rings (SSSR count). The zero-order valence-electron chi connectivity index (χ0n) is 4.63. The Morgan fingerprint density at radius 1 is 1.88 bits per heavy atom. The molecule has 0 radical (unpaired) electrons. The van der Waals surface area contributed by atoms with Gasteiger partial charge in [-0.15, -0.1) is 0 Å². The van der Waals surface area contributed by atoms with Crippen molar-refractivity contribution in [2.45, 2.75) is 13.0 Å². The Morgan fingerprint density at radius 3 is 2.62 bits per heavy atom. The molecule has 1 fully saturated rings. The van der Waals surface area contributed by atoms with E-state index < -0.39 is 12.1 Å². The van der Waals surface area contributed by atoms with Gasteiger partial charge in [0, 0.05) is 5.92 Å². The fourth-order valence-corrected chi connectivity index (χ4v) is 0.622. The lowest BCUT2D eigenvalue weighted by molar-refractivity contribution is -0.144. The number of esters is 1. The normalized spacial score (nSPS) is 37.5. The average Bonchev–Trinajstić information content (AvgIpc) is 1.98. The highest BCUT2D eigenvalue weighted by molar-refractivity contribution is 5.76. The van der Waals surface area contributed by atoms with E-state index in [0.29, 0.717) is 6.61 Å². The molecule has 0 aromatic rings. The third-order valence-corrected chi connectivity index (χ3v) is 1.27. The molecule has 0 amide bonds. The Balaban J connectivity index is 2.56. The van der Waals surface area contributed by atoms with Crippen LogP contribution in [-0.4, -0.2) is 23.8 Å². The molecule has 46 valence electrons. The van der Waals surface area contributed by atoms with Crippen molar-refractivity contribution >= 4 is 5.97 Å². The molecule has 8 heavy (non-hydrogen) atoms. The molecule has 1 aliphatic rings. The minimum absolute atomic E-state index is 0.0255. The van der Waals surface area contributed by atoms with Crippen molar-refractivity contribution in [2.75, 3.05) is 6.61 Å². The van der Waals surface area contributed by atoms with Crippen LogP contribution in [0.15, 0.2) is 0 Å². The molecule has 1 heterocycles. The van der Waals surface area contributed by atoms with E-state index in [1.54, 1.807) is 6.92 Å². The van der Waals surface area contributed by atoms with E-state index in [0.717, 1.165) is 0 Å². The molecule has 0 aliphatic carbocycles. The Morgan fingerprint density at radius 2 is 2.50 bits per heavy atom. The van der Waals surface area contributed by atoms with Crippen LogP contribution in [0.3, 0.4) is 0 Å². The summed E-state index contributed by atoms with van der Waals surface area (Å²) in [6.07, 6.45) is -0.880. The molecule has 1 aliphatic heterocycles. The molecule has 3 heteroatoms. The summed E-state index contributed by atoms with van der Waals surface area (Å²) in [6, 6.07) is 0. The first-order valence-corrected chi connectivity index (χ1v) is 2.56. The smallest absolute Gasteiger partial charge is 0.335 e. The predicted molar refractivity (Wildman–Crippen MR) is 26.1 cm³/mol. The van der Waals surface area contributed by atoms with E-state index in [1.807, 2.05) is 0 Å². The second-order valence-corrected chi connectivity index (χ2v) is 2.05. The van der Waals surface area contributed by atoms with E-state index in [-0.39, 0.29) is 5.92 Å². The molecule has 3 nitrogen and oxygen atoms in total. The van der Waals surface area contributed by atoms with Gasteiger partial charge < -0.3 is 9.84 Å². The van der Waals surface area contributed by atoms with Crippen LogP contribution >= 0.6 is 0 Å². The molecule has 0 aromatic heterocycles. The zero-order valence-corrected chi connectivity index (χ0v) is 4.63. The average molecular weight is 116 g/mol. The van der Waals surface area contributed by atoms with Crippen LogP contribution in [0, 0.1) is 5.92 Å². The van der Waals surface area contributed by atoms with Crippen LogP contribution in [0.1, 0.15) is 6.92 Å². The van der Waals surface area contributed by atoms with Gasteiger partial charge in [-0.2, -0.15) is 0 Å². The maximum atomic E-state index is 10.3. The van der Waals surface area contributed by atoms with Gasteiger partial charge in [-0.3, -0.25) is 0 Å². The van der Waals surface area contributed by atoms with Gasteiger partial charge in [0.25, 0.3) is 0 Å². The lowest BCUT2D eigenvalue weighted by atomic mass is 10.1. The molecular weight excluding hydrogens is 108 g/mol. The van der Waals surface area contributed by atoms with Crippen LogP contribution < -0.4 is 0 Å². The number of ether oxygens (including phenoxy) is 1. The van der Waals surface area contributed by atoms with Crippen LogP contribution in [0.2, 0.25) is 0 Å². The Kier molecular flexibility index (Phi) is 1.21. The third kappa shape index (κ3) is 0.690. The molecule has 0 saturated carbocycles. The first kappa shape index (κ1) is 5.56. The SMILES string of the molecule is C[C@H]1COC(=O)C1O. The summed E-state index contributed by atoms with van der Waals surface area (Å²) in [5.41, 5.74) is 0. The summed E-state index contributed by atoms with van der Waals surface area (Å²) in [5.74, 6) is -0.514. The lowest BCUT2D eigenvalue weighted by Crippen LogP contribution is -2.18. The Bertz CT molecular complexity index is 110. The standard InChI is InChI=1S/C5H8O3/c1-3-2-8-5(7)4(3)6/h3-4,6H,2H2,1H3/t3-,4?/m0/s1. The van der Waals surface area contributed by atoms with Gasteiger partial charge in [0.15, 0.2) is 6.10 Å². The molecule has 1 saturated heterocycles. The fourth-order valence-electron chi connectivity index (χ4n) is 0.622. The van der Waals surface area contributed by atoms with Gasteiger partial charge in [-0.05, 0) is 0 Å². The van der Waals surface area contributed by atoms with Gasteiger partial charge in [0.05, 0.1) is 6.61 Å². The molecule has 1 unspecified atom stereocenters. The van der Waals surface area contributed by atoms with Gasteiger partial charge in [0.1, 0.15) is 0 Å². The molecule has 0 aromatic carbocycles. The van der Waals surface area contributed by atoms with E-state index in [9.17, 15) is 4.79 Å².